The fraction of sp³-hybridized carbons (Fsp3) is 0.500. The number of morpholine rings is 1. The van der Waals surface area contributed by atoms with E-state index in [-0.39, 0.29) is 0 Å². The highest BCUT2D eigenvalue weighted by Gasteiger charge is 2.14. The quantitative estimate of drug-likeness (QED) is 0.732. The van der Waals surface area contributed by atoms with Crippen molar-refractivity contribution in [3.63, 3.8) is 0 Å². The molecular weight excluding hydrogens is 174 g/mol. The van der Waals surface area contributed by atoms with E-state index in [2.05, 4.69) is 37.4 Å². The van der Waals surface area contributed by atoms with Gasteiger partial charge in [0, 0.05) is 6.54 Å². The fourth-order valence-electron chi connectivity index (χ4n) is 1.76. The lowest BCUT2D eigenvalue weighted by Crippen LogP contribution is -2.34. The van der Waals surface area contributed by atoms with Crippen LogP contribution in [0.25, 0.3) is 0 Å². The second-order valence-corrected chi connectivity index (χ2v) is 3.93. The van der Waals surface area contributed by atoms with Gasteiger partial charge in [-0.15, -0.1) is 0 Å². The summed E-state index contributed by atoms with van der Waals surface area (Å²) in [5.41, 5.74) is 4.05. The minimum Gasteiger partial charge on any atom is -0.378 e. The van der Waals surface area contributed by atoms with Gasteiger partial charge in [-0.1, -0.05) is 18.2 Å². The van der Waals surface area contributed by atoms with E-state index in [9.17, 15) is 0 Å². The van der Waals surface area contributed by atoms with Crippen LogP contribution in [-0.2, 0) is 4.74 Å². The molecule has 1 aromatic carbocycles. The molecule has 1 aliphatic heterocycles. The molecule has 0 saturated carbocycles. The molecule has 1 heterocycles. The van der Waals surface area contributed by atoms with E-state index in [1.807, 2.05) is 0 Å². The van der Waals surface area contributed by atoms with Crippen LogP contribution in [0.4, 0.5) is 0 Å². The van der Waals surface area contributed by atoms with Crippen molar-refractivity contribution in [3.8, 4) is 0 Å². The van der Waals surface area contributed by atoms with Crippen molar-refractivity contribution in [3.05, 3.63) is 34.9 Å². The number of hydrogen-bond acceptors (Lipinski definition) is 2. The summed E-state index contributed by atoms with van der Waals surface area (Å²) < 4.78 is 5.44. The maximum atomic E-state index is 5.44. The second kappa shape index (κ2) is 4.11. The van der Waals surface area contributed by atoms with Crippen molar-refractivity contribution in [2.24, 2.45) is 0 Å². The molecule has 2 rings (SSSR count). The van der Waals surface area contributed by atoms with E-state index >= 15 is 0 Å². The van der Waals surface area contributed by atoms with E-state index < -0.39 is 0 Å². The summed E-state index contributed by atoms with van der Waals surface area (Å²) in [4.78, 5) is 0. The Labute approximate surface area is 85.3 Å². The smallest absolute Gasteiger partial charge is 0.0662 e. The lowest BCUT2D eigenvalue weighted by molar-refractivity contribution is 0.0768. The summed E-state index contributed by atoms with van der Waals surface area (Å²) in [6.07, 6.45) is 0. The predicted molar refractivity (Wildman–Crippen MR) is 57.5 cm³/mol. The highest BCUT2D eigenvalue weighted by Crippen LogP contribution is 2.18. The number of nitrogens with one attached hydrogen (secondary N) is 1. The molecule has 0 radical (unpaired) electrons. The Morgan fingerprint density at radius 2 is 2.14 bits per heavy atom. The monoisotopic (exact) mass is 191 g/mol. The molecule has 1 aliphatic rings. The van der Waals surface area contributed by atoms with E-state index in [4.69, 9.17) is 4.74 Å². The normalized spacial score (nSPS) is 22.3. The van der Waals surface area contributed by atoms with Gasteiger partial charge in [0.25, 0.3) is 0 Å². The van der Waals surface area contributed by atoms with Crippen LogP contribution in [0.15, 0.2) is 18.2 Å². The van der Waals surface area contributed by atoms with Crippen LogP contribution in [0.2, 0.25) is 0 Å². The summed E-state index contributed by atoms with van der Waals surface area (Å²) in [7, 11) is 0. The summed E-state index contributed by atoms with van der Waals surface area (Å²) in [5, 5.41) is 3.46. The third kappa shape index (κ3) is 1.97. The number of rotatable bonds is 1. The lowest BCUT2D eigenvalue weighted by atomic mass is 10.0. The highest BCUT2D eigenvalue weighted by molar-refractivity contribution is 5.31. The molecule has 2 nitrogen and oxygen atoms in total. The summed E-state index contributed by atoms with van der Waals surface area (Å²) in [6, 6.07) is 7.00. The SMILES string of the molecule is Cc1ccc([C@H]2COCCN2)cc1C. The minimum atomic E-state index is 0.378. The summed E-state index contributed by atoms with van der Waals surface area (Å²) >= 11 is 0. The van der Waals surface area contributed by atoms with Crippen LogP contribution < -0.4 is 5.32 Å². The van der Waals surface area contributed by atoms with Crippen molar-refractivity contribution in [2.75, 3.05) is 19.8 Å². The minimum absolute atomic E-state index is 0.378. The number of aryl methyl sites for hydroxylation is 2. The molecule has 1 N–H and O–H groups in total. The Bertz CT molecular complexity index is 316. The van der Waals surface area contributed by atoms with Crippen molar-refractivity contribution >= 4 is 0 Å². The molecular formula is C12H17NO. The topological polar surface area (TPSA) is 21.3 Å². The van der Waals surface area contributed by atoms with Gasteiger partial charge < -0.3 is 10.1 Å². The molecule has 2 heteroatoms. The molecule has 1 atom stereocenters. The number of hydrogen-bond donors (Lipinski definition) is 1. The van der Waals surface area contributed by atoms with Crippen molar-refractivity contribution in [1.82, 2.24) is 5.32 Å². The van der Waals surface area contributed by atoms with Crippen molar-refractivity contribution < 1.29 is 4.74 Å². The largest absolute Gasteiger partial charge is 0.378 e. The van der Waals surface area contributed by atoms with Crippen molar-refractivity contribution in [2.45, 2.75) is 19.9 Å². The van der Waals surface area contributed by atoms with Gasteiger partial charge in [-0.2, -0.15) is 0 Å². The first-order valence-corrected chi connectivity index (χ1v) is 5.15. The van der Waals surface area contributed by atoms with Crippen molar-refractivity contribution in [1.29, 1.82) is 0 Å². The molecule has 0 amide bonds. The van der Waals surface area contributed by atoms with E-state index in [1.54, 1.807) is 0 Å². The lowest BCUT2D eigenvalue weighted by Gasteiger charge is -2.24. The van der Waals surface area contributed by atoms with Gasteiger partial charge in [0.1, 0.15) is 0 Å². The number of benzene rings is 1. The van der Waals surface area contributed by atoms with Crippen LogP contribution in [-0.4, -0.2) is 19.8 Å². The zero-order chi connectivity index (χ0) is 9.97. The van der Waals surface area contributed by atoms with E-state index in [0.717, 1.165) is 19.8 Å². The third-order valence-corrected chi connectivity index (χ3v) is 2.85. The third-order valence-electron chi connectivity index (χ3n) is 2.85. The molecule has 1 saturated heterocycles. The Hall–Kier alpha value is -0.860. The average molecular weight is 191 g/mol. The Balaban J connectivity index is 2.18. The molecule has 0 aliphatic carbocycles. The van der Waals surface area contributed by atoms with Gasteiger partial charge in [-0.25, -0.2) is 0 Å². The molecule has 0 unspecified atom stereocenters. The molecule has 1 aromatic rings. The molecule has 0 aromatic heterocycles. The van der Waals surface area contributed by atoms with Gasteiger partial charge in [0.2, 0.25) is 0 Å². The maximum Gasteiger partial charge on any atom is 0.0662 e. The summed E-state index contributed by atoms with van der Waals surface area (Å²) in [6.45, 7) is 6.88. The standard InChI is InChI=1S/C12H17NO/c1-9-3-4-11(7-10(9)2)12-8-14-6-5-13-12/h3-4,7,12-13H,5-6,8H2,1-2H3/t12-/m1/s1. The average Bonchev–Trinajstić information content (AvgIpc) is 2.23. The zero-order valence-corrected chi connectivity index (χ0v) is 8.84. The Kier molecular flexibility index (Phi) is 2.85. The van der Waals surface area contributed by atoms with Gasteiger partial charge in [0.05, 0.1) is 19.3 Å². The second-order valence-electron chi connectivity index (χ2n) is 3.93. The fourth-order valence-corrected chi connectivity index (χ4v) is 1.76. The first kappa shape index (κ1) is 9.69. The van der Waals surface area contributed by atoms with E-state index in [0.29, 0.717) is 6.04 Å². The predicted octanol–water partition coefficient (Wildman–Crippen LogP) is 1.96. The van der Waals surface area contributed by atoms with Crippen LogP contribution >= 0.6 is 0 Å². The number of ether oxygens (including phenoxy) is 1. The van der Waals surface area contributed by atoms with Crippen LogP contribution in [0.5, 0.6) is 0 Å². The molecule has 0 bridgehead atoms. The molecule has 14 heavy (non-hydrogen) atoms. The summed E-state index contributed by atoms with van der Waals surface area (Å²) in [5.74, 6) is 0. The Morgan fingerprint density at radius 1 is 1.29 bits per heavy atom. The van der Waals surface area contributed by atoms with E-state index in [1.165, 1.54) is 16.7 Å². The van der Waals surface area contributed by atoms with Gasteiger partial charge in [0.15, 0.2) is 0 Å². The van der Waals surface area contributed by atoms with Gasteiger partial charge in [-0.05, 0) is 30.5 Å². The van der Waals surface area contributed by atoms with Crippen LogP contribution in [0.3, 0.4) is 0 Å². The van der Waals surface area contributed by atoms with Crippen LogP contribution in [0, 0.1) is 13.8 Å². The first-order valence-electron chi connectivity index (χ1n) is 5.15. The van der Waals surface area contributed by atoms with Crippen LogP contribution in [0.1, 0.15) is 22.7 Å². The zero-order valence-electron chi connectivity index (χ0n) is 8.84. The van der Waals surface area contributed by atoms with Gasteiger partial charge >= 0.3 is 0 Å². The molecule has 76 valence electrons. The maximum absolute atomic E-state index is 5.44. The Morgan fingerprint density at radius 3 is 2.79 bits per heavy atom. The molecule has 1 fully saturated rings. The van der Waals surface area contributed by atoms with Gasteiger partial charge in [-0.3, -0.25) is 0 Å². The molecule has 0 spiro atoms. The highest BCUT2D eigenvalue weighted by atomic mass is 16.5. The first-order chi connectivity index (χ1) is 6.77.